The fraction of sp³-hybridized carbons (Fsp3) is 0.438. The average molecular weight is 301 g/mol. The molecule has 3 rings (SSSR count). The number of carbonyl (C=O) groups excluding carboxylic acids is 1. The van der Waals surface area contributed by atoms with Crippen molar-refractivity contribution in [2.45, 2.75) is 32.3 Å². The quantitative estimate of drug-likeness (QED) is 0.859. The van der Waals surface area contributed by atoms with Crippen molar-refractivity contribution in [1.82, 2.24) is 15.2 Å². The van der Waals surface area contributed by atoms with Crippen LogP contribution in [-0.4, -0.2) is 35.4 Å². The van der Waals surface area contributed by atoms with Gasteiger partial charge in [-0.1, -0.05) is 6.07 Å². The summed E-state index contributed by atoms with van der Waals surface area (Å²) in [6, 6.07) is 3.90. The summed E-state index contributed by atoms with van der Waals surface area (Å²) in [6.07, 6.45) is 2.25. The van der Waals surface area contributed by atoms with Crippen molar-refractivity contribution in [2.75, 3.05) is 14.2 Å². The summed E-state index contributed by atoms with van der Waals surface area (Å²) < 4.78 is 9.96. The number of hydrogen-bond donors (Lipinski definition) is 1. The SMILES string of the molecule is COCc1nc(-c2cc(C(=O)OC)c(C3CC3)cc2C)n[nH]1. The molecule has 0 spiro atoms. The Hall–Kier alpha value is -2.21. The Labute approximate surface area is 128 Å². The molecule has 0 radical (unpaired) electrons. The van der Waals surface area contributed by atoms with E-state index in [1.54, 1.807) is 7.11 Å². The van der Waals surface area contributed by atoms with Crippen LogP contribution in [0.4, 0.5) is 0 Å². The Morgan fingerprint density at radius 2 is 2.14 bits per heavy atom. The third-order valence-corrected chi connectivity index (χ3v) is 3.87. The zero-order chi connectivity index (χ0) is 15.7. The summed E-state index contributed by atoms with van der Waals surface area (Å²) in [5.41, 5.74) is 3.57. The molecule has 1 aromatic heterocycles. The zero-order valence-electron chi connectivity index (χ0n) is 13.0. The van der Waals surface area contributed by atoms with Crippen LogP contribution in [0.3, 0.4) is 0 Å². The van der Waals surface area contributed by atoms with E-state index in [-0.39, 0.29) is 5.97 Å². The van der Waals surface area contributed by atoms with Gasteiger partial charge in [-0.2, -0.15) is 5.10 Å². The van der Waals surface area contributed by atoms with Crippen LogP contribution in [0.1, 0.15) is 46.1 Å². The zero-order valence-corrected chi connectivity index (χ0v) is 13.0. The topological polar surface area (TPSA) is 77.1 Å². The fourth-order valence-corrected chi connectivity index (χ4v) is 2.61. The first kappa shape index (κ1) is 14.7. The third-order valence-electron chi connectivity index (χ3n) is 3.87. The first-order valence-electron chi connectivity index (χ1n) is 7.27. The number of H-pyrrole nitrogens is 1. The van der Waals surface area contributed by atoms with Crippen LogP contribution >= 0.6 is 0 Å². The van der Waals surface area contributed by atoms with E-state index < -0.39 is 0 Å². The molecule has 1 saturated carbocycles. The molecule has 1 aromatic carbocycles. The number of rotatable bonds is 5. The number of methoxy groups -OCH3 is 2. The van der Waals surface area contributed by atoms with Crippen molar-refractivity contribution in [3.05, 3.63) is 34.6 Å². The first-order chi connectivity index (χ1) is 10.6. The molecule has 0 atom stereocenters. The van der Waals surface area contributed by atoms with E-state index in [4.69, 9.17) is 9.47 Å². The van der Waals surface area contributed by atoms with Crippen LogP contribution in [0.5, 0.6) is 0 Å². The van der Waals surface area contributed by atoms with Crippen LogP contribution in [-0.2, 0) is 16.1 Å². The number of nitrogens with one attached hydrogen (secondary N) is 1. The summed E-state index contributed by atoms with van der Waals surface area (Å²) in [5.74, 6) is 1.38. The number of aryl methyl sites for hydroxylation is 1. The molecule has 6 nitrogen and oxygen atoms in total. The van der Waals surface area contributed by atoms with Crippen LogP contribution in [0.15, 0.2) is 12.1 Å². The summed E-state index contributed by atoms with van der Waals surface area (Å²) in [6.45, 7) is 2.38. The van der Waals surface area contributed by atoms with Crippen molar-refractivity contribution in [3.63, 3.8) is 0 Å². The lowest BCUT2D eigenvalue weighted by molar-refractivity contribution is 0.0599. The van der Waals surface area contributed by atoms with E-state index in [2.05, 4.69) is 21.2 Å². The molecule has 0 aliphatic heterocycles. The fourth-order valence-electron chi connectivity index (χ4n) is 2.61. The highest BCUT2D eigenvalue weighted by molar-refractivity contribution is 5.93. The van der Waals surface area contributed by atoms with E-state index in [0.29, 0.717) is 29.7 Å². The summed E-state index contributed by atoms with van der Waals surface area (Å²) in [5, 5.41) is 7.06. The number of hydrogen-bond acceptors (Lipinski definition) is 5. The molecule has 6 heteroatoms. The summed E-state index contributed by atoms with van der Waals surface area (Å²) in [4.78, 5) is 16.5. The number of esters is 1. The molecular formula is C16H19N3O3. The maximum atomic E-state index is 12.1. The second-order valence-corrected chi connectivity index (χ2v) is 5.56. The molecule has 0 saturated heterocycles. The lowest BCUT2D eigenvalue weighted by Gasteiger charge is -2.11. The van der Waals surface area contributed by atoms with E-state index in [1.165, 1.54) is 7.11 Å². The van der Waals surface area contributed by atoms with Crippen LogP contribution in [0.25, 0.3) is 11.4 Å². The van der Waals surface area contributed by atoms with Crippen molar-refractivity contribution in [1.29, 1.82) is 0 Å². The number of ether oxygens (including phenoxy) is 2. The predicted molar refractivity (Wildman–Crippen MR) is 80.6 cm³/mol. The van der Waals surface area contributed by atoms with Crippen LogP contribution in [0, 0.1) is 6.92 Å². The van der Waals surface area contributed by atoms with Gasteiger partial charge in [0.1, 0.15) is 6.61 Å². The Kier molecular flexibility index (Phi) is 3.94. The van der Waals surface area contributed by atoms with E-state index in [9.17, 15) is 4.79 Å². The highest BCUT2D eigenvalue weighted by Gasteiger charge is 2.29. The van der Waals surface area contributed by atoms with E-state index in [1.807, 2.05) is 13.0 Å². The smallest absolute Gasteiger partial charge is 0.338 e. The minimum absolute atomic E-state index is 0.309. The van der Waals surface area contributed by atoms with Crippen LogP contribution < -0.4 is 0 Å². The van der Waals surface area contributed by atoms with Crippen molar-refractivity contribution >= 4 is 5.97 Å². The highest BCUT2D eigenvalue weighted by Crippen LogP contribution is 2.43. The molecule has 1 heterocycles. The van der Waals surface area contributed by atoms with Crippen molar-refractivity contribution in [2.24, 2.45) is 0 Å². The van der Waals surface area contributed by atoms with E-state index >= 15 is 0 Å². The van der Waals surface area contributed by atoms with Gasteiger partial charge >= 0.3 is 5.97 Å². The predicted octanol–water partition coefficient (Wildman–Crippen LogP) is 2.59. The standard InChI is InChI=1S/C16H19N3O3/c1-9-6-12(10-4-5-10)13(16(20)22-3)7-11(9)15-17-14(8-21-2)18-19-15/h6-7,10H,4-5,8H2,1-3H3,(H,17,18,19). The second kappa shape index (κ2) is 5.88. The molecule has 116 valence electrons. The lowest BCUT2D eigenvalue weighted by atomic mass is 9.96. The largest absolute Gasteiger partial charge is 0.465 e. The Bertz CT molecular complexity index is 705. The Balaban J connectivity index is 2.04. The number of nitrogens with zero attached hydrogens (tertiary/aromatic N) is 2. The molecule has 1 aliphatic rings. The normalized spacial score (nSPS) is 14.1. The maximum Gasteiger partial charge on any atom is 0.338 e. The van der Waals surface area contributed by atoms with Crippen LogP contribution in [0.2, 0.25) is 0 Å². The van der Waals surface area contributed by atoms with Gasteiger partial charge in [-0.3, -0.25) is 5.10 Å². The number of aromatic nitrogens is 3. The first-order valence-corrected chi connectivity index (χ1v) is 7.27. The molecule has 22 heavy (non-hydrogen) atoms. The van der Waals surface area contributed by atoms with Gasteiger partial charge in [-0.25, -0.2) is 9.78 Å². The van der Waals surface area contributed by atoms with Gasteiger partial charge in [-0.05, 0) is 42.9 Å². The molecule has 1 fully saturated rings. The summed E-state index contributed by atoms with van der Waals surface area (Å²) >= 11 is 0. The molecule has 0 unspecified atom stereocenters. The second-order valence-electron chi connectivity index (χ2n) is 5.56. The molecule has 1 aliphatic carbocycles. The number of carbonyl (C=O) groups is 1. The number of aromatic amines is 1. The molecule has 2 aromatic rings. The Morgan fingerprint density at radius 3 is 2.77 bits per heavy atom. The van der Waals surface area contributed by atoms with Gasteiger partial charge in [0.15, 0.2) is 11.6 Å². The minimum Gasteiger partial charge on any atom is -0.465 e. The van der Waals surface area contributed by atoms with Gasteiger partial charge in [0.2, 0.25) is 0 Å². The number of benzene rings is 1. The van der Waals surface area contributed by atoms with Gasteiger partial charge in [-0.15, -0.1) is 0 Å². The van der Waals surface area contributed by atoms with Gasteiger partial charge < -0.3 is 9.47 Å². The average Bonchev–Trinajstić information content (AvgIpc) is 3.26. The monoisotopic (exact) mass is 301 g/mol. The van der Waals surface area contributed by atoms with Gasteiger partial charge in [0, 0.05) is 12.7 Å². The van der Waals surface area contributed by atoms with Gasteiger partial charge in [0.05, 0.1) is 12.7 Å². The molecular weight excluding hydrogens is 282 g/mol. The molecule has 0 amide bonds. The lowest BCUT2D eigenvalue weighted by Crippen LogP contribution is -2.07. The minimum atomic E-state index is -0.309. The highest BCUT2D eigenvalue weighted by atomic mass is 16.5. The molecule has 0 bridgehead atoms. The summed E-state index contributed by atoms with van der Waals surface area (Å²) in [7, 11) is 3.01. The maximum absolute atomic E-state index is 12.1. The van der Waals surface area contributed by atoms with Gasteiger partial charge in [0.25, 0.3) is 0 Å². The van der Waals surface area contributed by atoms with E-state index in [0.717, 1.165) is 29.5 Å². The van der Waals surface area contributed by atoms with Crippen molar-refractivity contribution in [3.8, 4) is 11.4 Å². The third kappa shape index (κ3) is 2.74. The van der Waals surface area contributed by atoms with Crippen molar-refractivity contribution < 1.29 is 14.3 Å². The Morgan fingerprint density at radius 1 is 1.36 bits per heavy atom. The molecule has 1 N–H and O–H groups in total.